The highest BCUT2D eigenvalue weighted by atomic mass is 79.9. The number of ketones is 1. The van der Waals surface area contributed by atoms with E-state index in [0.717, 1.165) is 16.5 Å². The smallest absolute Gasteiger partial charge is 0.165 e. The fraction of sp³-hybridized carbons (Fsp3) is 0.150. The minimum absolute atomic E-state index is 0.168. The van der Waals surface area contributed by atoms with Gasteiger partial charge >= 0.3 is 0 Å². The molecule has 0 aliphatic heterocycles. The van der Waals surface area contributed by atoms with E-state index >= 15 is 0 Å². The molecule has 108 valence electrons. The Balaban J connectivity index is 1.93. The lowest BCUT2D eigenvalue weighted by atomic mass is 9.86. The van der Waals surface area contributed by atoms with E-state index in [4.69, 9.17) is 0 Å². The molecule has 1 nitrogen and oxygen atoms in total. The summed E-state index contributed by atoms with van der Waals surface area (Å²) < 4.78 is 0.927. The summed E-state index contributed by atoms with van der Waals surface area (Å²) in [5.41, 5.74) is 5.80. The van der Waals surface area contributed by atoms with Gasteiger partial charge < -0.3 is 0 Å². The highest BCUT2D eigenvalue weighted by Gasteiger charge is 2.37. The number of Topliss-reactive ketones (excluding diaryl/α,β-unsaturated/α-hetero) is 1. The van der Waals surface area contributed by atoms with Crippen LogP contribution in [0, 0.1) is 0 Å². The Kier molecular flexibility index (Phi) is 3.34. The molecular weight excluding hydrogens is 336 g/mol. The fourth-order valence-corrected chi connectivity index (χ4v) is 4.27. The largest absolute Gasteiger partial charge is 0.294 e. The van der Waals surface area contributed by atoms with Crippen molar-refractivity contribution in [3.63, 3.8) is 0 Å². The number of halogens is 1. The Morgan fingerprint density at radius 3 is 2.64 bits per heavy atom. The first-order chi connectivity index (χ1) is 10.7. The molecule has 0 saturated heterocycles. The molecule has 2 bridgehead atoms. The summed E-state index contributed by atoms with van der Waals surface area (Å²) in [4.78, 5) is 12.6. The summed E-state index contributed by atoms with van der Waals surface area (Å²) in [5.74, 6) is 0.408. The van der Waals surface area contributed by atoms with E-state index in [-0.39, 0.29) is 11.7 Å². The normalized spacial score (nSPS) is 23.4. The predicted octanol–water partition coefficient (Wildman–Crippen LogP) is 5.14. The van der Waals surface area contributed by atoms with Gasteiger partial charge in [-0.3, -0.25) is 4.79 Å². The molecule has 1 unspecified atom stereocenters. The molecule has 22 heavy (non-hydrogen) atoms. The number of benzene rings is 1. The van der Waals surface area contributed by atoms with E-state index in [2.05, 4.69) is 58.4 Å². The summed E-state index contributed by atoms with van der Waals surface area (Å²) >= 11 is 3.64. The molecule has 0 aromatic heterocycles. The third kappa shape index (κ3) is 2.19. The molecule has 1 aromatic rings. The van der Waals surface area contributed by atoms with Crippen LogP contribution in [0.1, 0.15) is 24.3 Å². The third-order valence-electron chi connectivity index (χ3n) is 4.50. The zero-order valence-electron chi connectivity index (χ0n) is 12.1. The first-order valence-corrected chi connectivity index (χ1v) is 8.30. The van der Waals surface area contributed by atoms with Crippen molar-refractivity contribution in [2.45, 2.75) is 18.8 Å². The van der Waals surface area contributed by atoms with Gasteiger partial charge in [-0.05, 0) is 34.8 Å². The van der Waals surface area contributed by atoms with Crippen LogP contribution in [-0.2, 0) is 4.79 Å². The lowest BCUT2D eigenvalue weighted by Gasteiger charge is -2.17. The second-order valence-corrected chi connectivity index (χ2v) is 6.72. The summed E-state index contributed by atoms with van der Waals surface area (Å²) in [6.07, 6.45) is 12.0. The Morgan fingerprint density at radius 2 is 1.82 bits per heavy atom. The summed E-state index contributed by atoms with van der Waals surface area (Å²) in [5, 5.41) is 0. The van der Waals surface area contributed by atoms with Crippen molar-refractivity contribution < 1.29 is 4.79 Å². The SMILES string of the molecule is O=C1CC(c2ccccc2)C2=C1C(Br)=CC1=CC=CC=C2C1. The van der Waals surface area contributed by atoms with Crippen LogP contribution in [0.4, 0.5) is 0 Å². The third-order valence-corrected chi connectivity index (χ3v) is 5.12. The van der Waals surface area contributed by atoms with E-state index in [1.54, 1.807) is 0 Å². The molecule has 4 rings (SSSR count). The number of carbonyl (C=O) groups excluding carboxylic acids is 1. The van der Waals surface area contributed by atoms with E-state index < -0.39 is 0 Å². The van der Waals surface area contributed by atoms with Crippen molar-refractivity contribution >= 4 is 21.7 Å². The number of hydrogen-bond donors (Lipinski definition) is 0. The highest BCUT2D eigenvalue weighted by molar-refractivity contribution is 9.12. The summed E-state index contributed by atoms with van der Waals surface area (Å²) in [7, 11) is 0. The molecule has 0 saturated carbocycles. The summed E-state index contributed by atoms with van der Waals surface area (Å²) in [6, 6.07) is 10.4. The molecule has 1 aromatic carbocycles. The van der Waals surface area contributed by atoms with Gasteiger partial charge in [0, 0.05) is 22.4 Å². The molecule has 0 radical (unpaired) electrons. The molecule has 3 aliphatic carbocycles. The van der Waals surface area contributed by atoms with Gasteiger partial charge in [0.15, 0.2) is 5.78 Å². The minimum Gasteiger partial charge on any atom is -0.294 e. The van der Waals surface area contributed by atoms with Crippen LogP contribution in [0.15, 0.2) is 87.5 Å². The van der Waals surface area contributed by atoms with E-state index in [0.29, 0.717) is 6.42 Å². The zero-order chi connectivity index (χ0) is 15.1. The number of fused-ring (bicyclic) bond motifs is 3. The van der Waals surface area contributed by atoms with Crippen molar-refractivity contribution in [3.05, 3.63) is 93.1 Å². The molecule has 0 heterocycles. The maximum absolute atomic E-state index is 12.6. The van der Waals surface area contributed by atoms with Gasteiger partial charge in [-0.1, -0.05) is 70.6 Å². The lowest BCUT2D eigenvalue weighted by molar-refractivity contribution is -0.114. The van der Waals surface area contributed by atoms with Crippen LogP contribution in [-0.4, -0.2) is 5.78 Å². The first kappa shape index (κ1) is 13.7. The number of rotatable bonds is 1. The van der Waals surface area contributed by atoms with Crippen LogP contribution in [0.2, 0.25) is 0 Å². The van der Waals surface area contributed by atoms with Crippen LogP contribution in [0.5, 0.6) is 0 Å². The van der Waals surface area contributed by atoms with Crippen LogP contribution >= 0.6 is 15.9 Å². The van der Waals surface area contributed by atoms with Gasteiger partial charge in [0.05, 0.1) is 0 Å². The monoisotopic (exact) mass is 350 g/mol. The molecule has 1 atom stereocenters. The molecule has 0 fully saturated rings. The van der Waals surface area contributed by atoms with Gasteiger partial charge in [-0.15, -0.1) is 0 Å². The molecule has 0 spiro atoms. The van der Waals surface area contributed by atoms with Crippen molar-refractivity contribution in [1.29, 1.82) is 0 Å². The highest BCUT2D eigenvalue weighted by Crippen LogP contribution is 2.48. The topological polar surface area (TPSA) is 17.1 Å². The first-order valence-electron chi connectivity index (χ1n) is 7.50. The van der Waals surface area contributed by atoms with Gasteiger partial charge in [0.25, 0.3) is 0 Å². The minimum atomic E-state index is 0.168. The lowest BCUT2D eigenvalue weighted by Crippen LogP contribution is -2.02. The molecule has 0 amide bonds. The number of carbonyl (C=O) groups is 1. The van der Waals surface area contributed by atoms with Crippen molar-refractivity contribution in [3.8, 4) is 0 Å². The van der Waals surface area contributed by atoms with Gasteiger partial charge in [-0.2, -0.15) is 0 Å². The Hall–Kier alpha value is -1.93. The summed E-state index contributed by atoms with van der Waals surface area (Å²) in [6.45, 7) is 0. The van der Waals surface area contributed by atoms with Gasteiger partial charge in [-0.25, -0.2) is 0 Å². The maximum atomic E-state index is 12.6. The standard InChI is InChI=1S/C20H15BrO/c21-17-11-13-6-4-5-9-15(10-13)19-16(12-18(22)20(17)19)14-7-2-1-3-8-14/h1-9,11,16H,10,12H2. The number of hydrogen-bond acceptors (Lipinski definition) is 1. The Labute approximate surface area is 138 Å². The van der Waals surface area contributed by atoms with Crippen LogP contribution in [0.3, 0.4) is 0 Å². The fourth-order valence-electron chi connectivity index (χ4n) is 3.54. The Bertz CT molecular complexity index is 803. The molecule has 3 aliphatic rings. The van der Waals surface area contributed by atoms with E-state index in [1.807, 2.05) is 18.2 Å². The zero-order valence-corrected chi connectivity index (χ0v) is 13.6. The van der Waals surface area contributed by atoms with Crippen molar-refractivity contribution in [2.75, 3.05) is 0 Å². The van der Waals surface area contributed by atoms with Crippen LogP contribution in [0.25, 0.3) is 0 Å². The van der Waals surface area contributed by atoms with Crippen molar-refractivity contribution in [2.24, 2.45) is 0 Å². The maximum Gasteiger partial charge on any atom is 0.165 e. The second kappa shape index (κ2) is 5.36. The number of allylic oxidation sites excluding steroid dienone is 10. The quantitative estimate of drug-likeness (QED) is 0.684. The van der Waals surface area contributed by atoms with E-state index in [9.17, 15) is 4.79 Å². The average molecular weight is 351 g/mol. The second-order valence-electron chi connectivity index (χ2n) is 5.87. The van der Waals surface area contributed by atoms with Gasteiger partial charge in [0.2, 0.25) is 0 Å². The molecule has 2 heteroatoms. The molecular formula is C20H15BrO. The Morgan fingerprint density at radius 1 is 1.05 bits per heavy atom. The van der Waals surface area contributed by atoms with E-state index in [1.165, 1.54) is 22.3 Å². The van der Waals surface area contributed by atoms with Crippen molar-refractivity contribution in [1.82, 2.24) is 0 Å². The predicted molar refractivity (Wildman–Crippen MR) is 92.8 cm³/mol. The average Bonchev–Trinajstić information content (AvgIpc) is 2.66. The van der Waals surface area contributed by atoms with Gasteiger partial charge in [0.1, 0.15) is 0 Å². The van der Waals surface area contributed by atoms with Crippen LogP contribution < -0.4 is 0 Å². The molecule has 0 N–H and O–H groups in total.